The Hall–Kier alpha value is -1.78. The van der Waals surface area contributed by atoms with Gasteiger partial charge in [-0.05, 0) is 65.8 Å². The van der Waals surface area contributed by atoms with Gasteiger partial charge in [-0.25, -0.2) is 4.39 Å². The zero-order valence-electron chi connectivity index (χ0n) is 31.7. The summed E-state index contributed by atoms with van der Waals surface area (Å²) in [6.45, 7) is 13.0. The van der Waals surface area contributed by atoms with Gasteiger partial charge >= 0.3 is 5.97 Å². The molecule has 0 aliphatic carbocycles. The van der Waals surface area contributed by atoms with E-state index in [-0.39, 0.29) is 12.0 Å². The molecule has 290 valence electrons. The fourth-order valence-electron chi connectivity index (χ4n) is 6.84. The number of rotatable bonds is 12. The second-order valence-electron chi connectivity index (χ2n) is 14.7. The number of benzene rings is 2. The molecule has 0 N–H and O–H groups in total. The number of hydrogen-bond acceptors (Lipinski definition) is 12. The van der Waals surface area contributed by atoms with Crippen molar-refractivity contribution < 1.29 is 51.8 Å². The van der Waals surface area contributed by atoms with Gasteiger partial charge in [0.2, 0.25) is 6.36 Å². The van der Waals surface area contributed by atoms with Crippen LogP contribution in [0, 0.1) is 11.3 Å². The number of halogens is 1. The first-order valence-corrected chi connectivity index (χ1v) is 19.7. The van der Waals surface area contributed by atoms with Crippen molar-refractivity contribution in [3.05, 3.63) is 60.7 Å². The zero-order valence-corrected chi connectivity index (χ0v) is 33.3. The third-order valence-electron chi connectivity index (χ3n) is 9.93. The first-order chi connectivity index (χ1) is 24.8. The van der Waals surface area contributed by atoms with E-state index in [9.17, 15) is 4.79 Å². The van der Waals surface area contributed by atoms with Crippen LogP contribution < -0.4 is 0 Å². The molecule has 3 aliphatic rings. The smallest absolute Gasteiger partial charge is 0.311 e. The third kappa shape index (κ3) is 9.53. The highest BCUT2D eigenvalue weighted by Crippen LogP contribution is 2.43. The number of alkyl halides is 1. The van der Waals surface area contributed by atoms with Crippen LogP contribution in [0.25, 0.3) is 0 Å². The molecule has 52 heavy (non-hydrogen) atoms. The molecule has 3 heterocycles. The van der Waals surface area contributed by atoms with Crippen molar-refractivity contribution in [1.82, 2.24) is 0 Å². The lowest BCUT2D eigenvalue weighted by molar-refractivity contribution is -0.343. The van der Waals surface area contributed by atoms with Gasteiger partial charge in [-0.3, -0.25) is 4.79 Å². The second kappa shape index (κ2) is 18.2. The number of carbonyl (C=O) groups is 1. The van der Waals surface area contributed by atoms with Crippen molar-refractivity contribution in [2.75, 3.05) is 21.3 Å². The van der Waals surface area contributed by atoms with Crippen LogP contribution >= 0.6 is 23.5 Å². The van der Waals surface area contributed by atoms with Crippen LogP contribution in [0.2, 0.25) is 0 Å². The highest BCUT2D eigenvalue weighted by molar-refractivity contribution is 8.00. The van der Waals surface area contributed by atoms with Crippen LogP contribution in [-0.2, 0) is 47.4 Å². The van der Waals surface area contributed by atoms with Crippen molar-refractivity contribution in [1.29, 1.82) is 0 Å². The number of hydrogen-bond donors (Lipinski definition) is 0. The normalized spacial score (nSPS) is 38.5. The Kier molecular flexibility index (Phi) is 14.5. The van der Waals surface area contributed by atoms with Crippen LogP contribution in [0.4, 0.5) is 4.39 Å². The lowest BCUT2D eigenvalue weighted by Gasteiger charge is -2.50. The van der Waals surface area contributed by atoms with E-state index >= 15 is 4.39 Å². The maximum absolute atomic E-state index is 15.6. The molecular weight excluding hydrogens is 712 g/mol. The van der Waals surface area contributed by atoms with E-state index in [2.05, 4.69) is 0 Å². The fourth-order valence-corrected chi connectivity index (χ4v) is 9.31. The van der Waals surface area contributed by atoms with E-state index < -0.39 is 89.7 Å². The van der Waals surface area contributed by atoms with Crippen LogP contribution in [0.15, 0.2) is 70.5 Å². The summed E-state index contributed by atoms with van der Waals surface area (Å²) in [5.74, 6) is -0.474. The monoisotopic (exact) mass is 766 g/mol. The Morgan fingerprint density at radius 3 is 1.60 bits per heavy atom. The van der Waals surface area contributed by atoms with Crippen molar-refractivity contribution in [3.8, 4) is 0 Å². The van der Waals surface area contributed by atoms with E-state index in [1.165, 1.54) is 23.5 Å². The Morgan fingerprint density at radius 1 is 0.615 bits per heavy atom. The number of ether oxygens (including phenoxy) is 9. The van der Waals surface area contributed by atoms with E-state index in [4.69, 9.17) is 42.6 Å². The summed E-state index contributed by atoms with van der Waals surface area (Å²) in [4.78, 5) is 15.1. The standard InChI is InChI=1S/C39H55FO10S2/c1-21-22(2)46-36(32(27(21)42-8)50-38(41)39(5,6)7)48-29-24(4)47-37(34(31(29)44-10)52-26-19-15-12-16-20-26)49-28-23(3)45-35(40)33(30(28)43-9)51-25-17-13-11-14-18-25/h11-24,27-37H,1-10H3. The van der Waals surface area contributed by atoms with Crippen LogP contribution in [0.3, 0.4) is 0 Å². The van der Waals surface area contributed by atoms with Crippen molar-refractivity contribution >= 4 is 29.5 Å². The predicted molar refractivity (Wildman–Crippen MR) is 197 cm³/mol. The first kappa shape index (κ1) is 41.4. The molecule has 5 rings (SSSR count). The molecule has 0 spiro atoms. The molecule has 2 aromatic carbocycles. The van der Waals surface area contributed by atoms with Gasteiger partial charge in [0.05, 0.1) is 34.2 Å². The quantitative estimate of drug-likeness (QED) is 0.210. The van der Waals surface area contributed by atoms with Gasteiger partial charge in [0.1, 0.15) is 30.5 Å². The maximum Gasteiger partial charge on any atom is 0.311 e. The van der Waals surface area contributed by atoms with Crippen LogP contribution in [0.5, 0.6) is 0 Å². The summed E-state index contributed by atoms with van der Waals surface area (Å²) >= 11 is 2.88. The zero-order chi connectivity index (χ0) is 37.7. The van der Waals surface area contributed by atoms with E-state index in [1.807, 2.05) is 81.4 Å². The lowest BCUT2D eigenvalue weighted by atomic mass is 9.90. The molecule has 13 heteroatoms. The molecular formula is C39H55FO10S2. The molecule has 15 atom stereocenters. The minimum Gasteiger partial charge on any atom is -0.454 e. The molecule has 0 aromatic heterocycles. The third-order valence-corrected chi connectivity index (χ3v) is 12.5. The lowest BCUT2D eigenvalue weighted by Crippen LogP contribution is -2.64. The molecule has 10 nitrogen and oxygen atoms in total. The number of methoxy groups -OCH3 is 3. The summed E-state index contributed by atoms with van der Waals surface area (Å²) in [7, 11) is 4.79. The molecule has 3 saturated heterocycles. The maximum atomic E-state index is 15.6. The summed E-state index contributed by atoms with van der Waals surface area (Å²) in [6.07, 6.45) is -8.83. The van der Waals surface area contributed by atoms with Crippen LogP contribution in [0.1, 0.15) is 48.5 Å². The molecule has 0 radical (unpaired) electrons. The summed E-state index contributed by atoms with van der Waals surface area (Å²) in [6, 6.07) is 19.5. The van der Waals surface area contributed by atoms with Gasteiger partial charge in [0, 0.05) is 37.0 Å². The van der Waals surface area contributed by atoms with Crippen molar-refractivity contribution in [3.63, 3.8) is 0 Å². The summed E-state index contributed by atoms with van der Waals surface area (Å²) in [5, 5.41) is -1.17. The SMILES string of the molecule is COC1C(C)C(C)OC(OC2C(C)OC(OC3C(C)OC(F)C(Sc4ccccc4)C3OC)C(Sc3ccccc3)C2OC)C1OC(=O)C(C)(C)C. The highest BCUT2D eigenvalue weighted by atomic mass is 32.2. The van der Waals surface area contributed by atoms with Gasteiger partial charge in [0.25, 0.3) is 0 Å². The Balaban J connectivity index is 1.44. The molecule has 3 aliphatic heterocycles. The highest BCUT2D eigenvalue weighted by Gasteiger charge is 2.54. The topological polar surface area (TPSA) is 100 Å². The van der Waals surface area contributed by atoms with E-state index in [0.717, 1.165) is 9.79 Å². The van der Waals surface area contributed by atoms with Crippen LogP contribution in [-0.4, -0.2) is 112 Å². The van der Waals surface area contributed by atoms with Gasteiger partial charge in [-0.1, -0.05) is 43.3 Å². The molecule has 0 bridgehead atoms. The van der Waals surface area contributed by atoms with E-state index in [1.54, 1.807) is 49.0 Å². The Bertz CT molecular complexity index is 1400. The fraction of sp³-hybridized carbons (Fsp3) is 0.667. The molecule has 0 amide bonds. The van der Waals surface area contributed by atoms with Gasteiger partial charge < -0.3 is 42.6 Å². The van der Waals surface area contributed by atoms with Gasteiger partial charge in [-0.2, -0.15) is 0 Å². The predicted octanol–water partition coefficient (Wildman–Crippen LogP) is 6.92. The van der Waals surface area contributed by atoms with E-state index in [0.29, 0.717) is 0 Å². The Morgan fingerprint density at radius 2 is 1.08 bits per heavy atom. The molecule has 0 saturated carbocycles. The summed E-state index contributed by atoms with van der Waals surface area (Å²) < 4.78 is 72.4. The van der Waals surface area contributed by atoms with Crippen molar-refractivity contribution in [2.45, 2.75) is 143 Å². The Labute approximate surface area is 316 Å². The number of esters is 1. The number of thioether (sulfide) groups is 2. The molecule has 15 unspecified atom stereocenters. The van der Waals surface area contributed by atoms with Gasteiger partial charge in [-0.15, -0.1) is 23.5 Å². The average Bonchev–Trinajstić information content (AvgIpc) is 3.11. The average molecular weight is 767 g/mol. The van der Waals surface area contributed by atoms with Crippen molar-refractivity contribution in [2.24, 2.45) is 11.3 Å². The number of carbonyl (C=O) groups excluding carboxylic acids is 1. The minimum atomic E-state index is -1.58. The molecule has 3 fully saturated rings. The summed E-state index contributed by atoms with van der Waals surface area (Å²) in [5.41, 5.74) is -0.756. The first-order valence-electron chi connectivity index (χ1n) is 17.9. The van der Waals surface area contributed by atoms with Gasteiger partial charge in [0.15, 0.2) is 18.7 Å². The second-order valence-corrected chi connectivity index (χ2v) is 17.2. The molecule has 2 aromatic rings. The largest absolute Gasteiger partial charge is 0.454 e. The minimum absolute atomic E-state index is 0.0822.